The molecule has 1 rings (SSSR count). The van der Waals surface area contributed by atoms with Crippen molar-refractivity contribution in [2.75, 3.05) is 30.4 Å². The zero-order valence-corrected chi connectivity index (χ0v) is 8.30. The van der Waals surface area contributed by atoms with Crippen molar-refractivity contribution in [1.82, 2.24) is 9.97 Å². The molecule has 0 saturated heterocycles. The summed E-state index contributed by atoms with van der Waals surface area (Å²) in [4.78, 5) is 9.68. The van der Waals surface area contributed by atoms with E-state index in [1.165, 1.54) is 6.20 Å². The molecule has 0 spiro atoms. The highest BCUT2D eigenvalue weighted by molar-refractivity contribution is 5.44. The van der Waals surface area contributed by atoms with E-state index in [9.17, 15) is 0 Å². The van der Waals surface area contributed by atoms with Crippen LogP contribution in [0.3, 0.4) is 0 Å². The van der Waals surface area contributed by atoms with Crippen molar-refractivity contribution in [3.63, 3.8) is 0 Å². The maximum Gasteiger partial charge on any atom is 0.151 e. The fraction of sp³-hybridized carbons (Fsp3) is 0.333. The molecule has 0 unspecified atom stereocenters. The molecule has 0 atom stereocenters. The molecule has 0 aliphatic heterocycles. The quantitative estimate of drug-likeness (QED) is 0.709. The summed E-state index contributed by atoms with van der Waals surface area (Å²) < 4.78 is 0. The minimum atomic E-state index is 0.120. The number of aromatic nitrogens is 2. The Morgan fingerprint density at radius 2 is 2.00 bits per heavy atom. The average molecular weight is 202 g/mol. The first-order valence-electron chi connectivity index (χ1n) is 4.30. The molecule has 0 fully saturated rings. The van der Waals surface area contributed by atoms with Crippen LogP contribution in [0.2, 0.25) is 0 Å². The van der Waals surface area contributed by atoms with Gasteiger partial charge in [-0.1, -0.05) is 0 Å². The molecule has 0 amide bonds. The fourth-order valence-corrected chi connectivity index (χ4v) is 1.02. The number of nitrogens with one attached hydrogen (secondary N) is 1. The Hall–Kier alpha value is -2.34. The van der Waals surface area contributed by atoms with Gasteiger partial charge >= 0.3 is 0 Å². The molecule has 1 heterocycles. The summed E-state index contributed by atoms with van der Waals surface area (Å²) in [6.45, 7) is 0.241. The summed E-state index contributed by atoms with van der Waals surface area (Å²) in [5.41, 5.74) is 0. The zero-order chi connectivity index (χ0) is 11.1. The number of hydrogen-bond donors (Lipinski definition) is 1. The standard InChI is InChI=1S/C9H10N6/c1-12-8-6-13-7-9(14-8)15(4-2-10)5-3-11/h6-7H,4-5H2,1H3,(H,12,14). The van der Waals surface area contributed by atoms with Crippen LogP contribution in [0.5, 0.6) is 0 Å². The first-order chi connectivity index (χ1) is 7.31. The molecule has 1 aromatic heterocycles. The smallest absolute Gasteiger partial charge is 0.151 e. The third-order valence-corrected chi connectivity index (χ3v) is 1.73. The molecule has 0 radical (unpaired) electrons. The Kier molecular flexibility index (Phi) is 3.87. The van der Waals surface area contributed by atoms with Crippen LogP contribution in [0.25, 0.3) is 0 Å². The topological polar surface area (TPSA) is 88.6 Å². The van der Waals surface area contributed by atoms with Crippen molar-refractivity contribution in [2.24, 2.45) is 0 Å². The van der Waals surface area contributed by atoms with E-state index in [1.807, 2.05) is 12.1 Å². The number of nitrogens with zero attached hydrogens (tertiary/aromatic N) is 5. The molecule has 76 valence electrons. The summed E-state index contributed by atoms with van der Waals surface area (Å²) in [6, 6.07) is 3.95. The summed E-state index contributed by atoms with van der Waals surface area (Å²) in [5.74, 6) is 1.12. The molecule has 0 aliphatic carbocycles. The Bertz CT molecular complexity index is 386. The lowest BCUT2D eigenvalue weighted by molar-refractivity contribution is 0.926. The lowest BCUT2D eigenvalue weighted by atomic mass is 10.4. The summed E-state index contributed by atoms with van der Waals surface area (Å²) in [6.07, 6.45) is 3.09. The van der Waals surface area contributed by atoms with Gasteiger partial charge in [0, 0.05) is 7.05 Å². The van der Waals surface area contributed by atoms with Crippen LogP contribution in [0, 0.1) is 22.7 Å². The van der Waals surface area contributed by atoms with Gasteiger partial charge in [0.05, 0.1) is 24.5 Å². The largest absolute Gasteiger partial charge is 0.372 e. The monoisotopic (exact) mass is 202 g/mol. The van der Waals surface area contributed by atoms with E-state index in [1.54, 1.807) is 18.1 Å². The highest BCUT2D eigenvalue weighted by Crippen LogP contribution is 2.10. The van der Waals surface area contributed by atoms with Crippen LogP contribution in [-0.2, 0) is 0 Å². The van der Waals surface area contributed by atoms with Crippen LogP contribution < -0.4 is 10.2 Å². The molecule has 6 heteroatoms. The fourth-order valence-electron chi connectivity index (χ4n) is 1.02. The Labute approximate surface area is 87.8 Å². The number of anilines is 2. The Morgan fingerprint density at radius 3 is 2.53 bits per heavy atom. The van der Waals surface area contributed by atoms with E-state index >= 15 is 0 Å². The summed E-state index contributed by atoms with van der Waals surface area (Å²) in [5, 5.41) is 20.0. The SMILES string of the molecule is CNc1cncc(N(CC#N)CC#N)n1. The lowest BCUT2D eigenvalue weighted by Crippen LogP contribution is -2.25. The third-order valence-electron chi connectivity index (χ3n) is 1.73. The first-order valence-corrected chi connectivity index (χ1v) is 4.30. The second-order valence-electron chi connectivity index (χ2n) is 2.68. The van der Waals surface area contributed by atoms with E-state index in [0.29, 0.717) is 11.6 Å². The van der Waals surface area contributed by atoms with E-state index in [2.05, 4.69) is 15.3 Å². The third kappa shape index (κ3) is 2.82. The lowest BCUT2D eigenvalue weighted by Gasteiger charge is -2.16. The normalized spacial score (nSPS) is 8.73. The molecule has 6 nitrogen and oxygen atoms in total. The van der Waals surface area contributed by atoms with Crippen LogP contribution in [0.4, 0.5) is 11.6 Å². The zero-order valence-electron chi connectivity index (χ0n) is 8.30. The molecule has 1 N–H and O–H groups in total. The molecule has 0 bridgehead atoms. The summed E-state index contributed by atoms with van der Waals surface area (Å²) in [7, 11) is 1.73. The van der Waals surface area contributed by atoms with Crippen molar-refractivity contribution < 1.29 is 0 Å². The molecule has 15 heavy (non-hydrogen) atoms. The highest BCUT2D eigenvalue weighted by Gasteiger charge is 2.07. The number of hydrogen-bond acceptors (Lipinski definition) is 6. The van der Waals surface area contributed by atoms with Gasteiger partial charge in [0.25, 0.3) is 0 Å². The molecule has 0 saturated carbocycles. The molecule has 0 aliphatic rings. The van der Waals surface area contributed by atoms with Crippen molar-refractivity contribution in [3.8, 4) is 12.1 Å². The van der Waals surface area contributed by atoms with Crippen LogP contribution in [0.1, 0.15) is 0 Å². The average Bonchev–Trinajstić information content (AvgIpc) is 2.29. The van der Waals surface area contributed by atoms with Crippen molar-refractivity contribution in [2.45, 2.75) is 0 Å². The predicted octanol–water partition coefficient (Wildman–Crippen LogP) is 0.372. The Morgan fingerprint density at radius 1 is 1.33 bits per heavy atom. The second-order valence-corrected chi connectivity index (χ2v) is 2.68. The second kappa shape index (κ2) is 5.40. The van der Waals surface area contributed by atoms with E-state index in [0.717, 1.165) is 0 Å². The highest BCUT2D eigenvalue weighted by atomic mass is 15.2. The maximum atomic E-state index is 8.59. The van der Waals surface area contributed by atoms with Gasteiger partial charge in [-0.25, -0.2) is 4.98 Å². The molecular weight excluding hydrogens is 192 g/mol. The van der Waals surface area contributed by atoms with Gasteiger partial charge < -0.3 is 10.2 Å². The van der Waals surface area contributed by atoms with Gasteiger partial charge in [0.15, 0.2) is 5.82 Å². The van der Waals surface area contributed by atoms with Crippen molar-refractivity contribution in [1.29, 1.82) is 10.5 Å². The minimum absolute atomic E-state index is 0.120. The van der Waals surface area contributed by atoms with Crippen LogP contribution >= 0.6 is 0 Å². The van der Waals surface area contributed by atoms with E-state index in [4.69, 9.17) is 10.5 Å². The molecule has 0 aromatic carbocycles. The number of rotatable bonds is 4. The van der Waals surface area contributed by atoms with Crippen LogP contribution in [-0.4, -0.2) is 30.1 Å². The van der Waals surface area contributed by atoms with Gasteiger partial charge in [0.1, 0.15) is 18.9 Å². The van der Waals surface area contributed by atoms with Crippen LogP contribution in [0.15, 0.2) is 12.4 Å². The van der Waals surface area contributed by atoms with Crippen molar-refractivity contribution >= 4 is 11.6 Å². The summed E-state index contributed by atoms with van der Waals surface area (Å²) >= 11 is 0. The van der Waals surface area contributed by atoms with Crippen molar-refractivity contribution in [3.05, 3.63) is 12.4 Å². The Balaban J connectivity index is 2.91. The van der Waals surface area contributed by atoms with Gasteiger partial charge in [-0.2, -0.15) is 10.5 Å². The first kappa shape index (κ1) is 10.7. The van der Waals surface area contributed by atoms with E-state index in [-0.39, 0.29) is 13.1 Å². The minimum Gasteiger partial charge on any atom is -0.372 e. The van der Waals surface area contributed by atoms with Gasteiger partial charge in [-0.15, -0.1) is 0 Å². The molecule has 1 aromatic rings. The van der Waals surface area contributed by atoms with Gasteiger partial charge in [0.2, 0.25) is 0 Å². The maximum absolute atomic E-state index is 8.59. The van der Waals surface area contributed by atoms with Gasteiger partial charge in [-0.05, 0) is 0 Å². The predicted molar refractivity (Wildman–Crippen MR) is 55.0 cm³/mol. The molecular formula is C9H10N6. The number of nitriles is 2. The van der Waals surface area contributed by atoms with E-state index < -0.39 is 0 Å². The van der Waals surface area contributed by atoms with Gasteiger partial charge in [-0.3, -0.25) is 4.98 Å².